The molecule has 6 aromatic heterocycles. The Morgan fingerprint density at radius 1 is 0.522 bits per heavy atom. The summed E-state index contributed by atoms with van der Waals surface area (Å²) >= 11 is 12.1. The molecular weight excluding hydrogens is 1510 g/mol. The van der Waals surface area contributed by atoms with Crippen LogP contribution in [0, 0.1) is 70.5 Å². The molecule has 1 aliphatic heterocycles. The number of halogens is 8. The highest BCUT2D eigenvalue weighted by molar-refractivity contribution is 6.32. The van der Waals surface area contributed by atoms with Crippen LogP contribution in [0.25, 0.3) is 33.8 Å². The van der Waals surface area contributed by atoms with Crippen molar-refractivity contribution in [2.24, 2.45) is 45.3 Å². The average Bonchev–Trinajstić information content (AvgIpc) is 1.60. The lowest BCUT2D eigenvalue weighted by molar-refractivity contribution is -0.138. The Kier molecular flexibility index (Phi) is 21.9. The first-order valence-electron chi connectivity index (χ1n) is 36.6. The van der Waals surface area contributed by atoms with Gasteiger partial charge >= 0.3 is 12.4 Å². The normalized spacial score (nSPS) is 21.9. The number of carbonyl (C=O) groups excluding carboxylic acids is 6. The molecule has 15 rings (SSSR count). The van der Waals surface area contributed by atoms with Crippen molar-refractivity contribution >= 4 is 75.9 Å². The zero-order valence-corrected chi connectivity index (χ0v) is 63.6. The van der Waals surface area contributed by atoms with Crippen LogP contribution in [0.3, 0.4) is 0 Å². The fourth-order valence-corrected chi connectivity index (χ4v) is 17.9. The predicted molar refractivity (Wildman–Crippen MR) is 409 cm³/mol. The maximum Gasteiger partial charge on any atom is 0.417 e. The highest BCUT2D eigenvalue weighted by Crippen LogP contribution is 2.62. The molecule has 5 aliphatic carbocycles. The number of aromatic nitrogens is 12. The summed E-state index contributed by atoms with van der Waals surface area (Å²) in [6, 6.07) is 14.8. The van der Waals surface area contributed by atoms with Gasteiger partial charge in [0.15, 0.2) is 0 Å². The fourth-order valence-electron chi connectivity index (χ4n) is 17.4. The number of nitrogen functional groups attached to an aromatic ring is 3. The number of rotatable bonds is 17. The molecule has 3 spiro atoms. The number of amides is 4. The Labute approximate surface area is 655 Å². The van der Waals surface area contributed by atoms with E-state index in [9.17, 15) is 55.1 Å². The molecule has 5 saturated carbocycles. The number of aryl methyl sites for hydroxylation is 1. The van der Waals surface area contributed by atoms with Crippen LogP contribution < -0.4 is 34.4 Å². The number of Topliss-reactive ketones (excluding diaryl/α,β-unsaturated/α-hetero) is 2. The van der Waals surface area contributed by atoms with Crippen molar-refractivity contribution in [1.82, 2.24) is 63.6 Å². The van der Waals surface area contributed by atoms with Crippen LogP contribution in [-0.4, -0.2) is 112 Å². The quantitative estimate of drug-likeness (QED) is 0.0280. The maximum atomic E-state index is 13.2. The number of benzene rings is 3. The topological polar surface area (TPSA) is 369 Å². The van der Waals surface area contributed by atoms with Gasteiger partial charge in [0.2, 0.25) is 11.6 Å². The molecule has 9 aromatic rings. The van der Waals surface area contributed by atoms with E-state index in [0.717, 1.165) is 107 Å². The summed E-state index contributed by atoms with van der Waals surface area (Å²) in [5, 5.41) is 27.2. The van der Waals surface area contributed by atoms with E-state index >= 15 is 0 Å². The Morgan fingerprint density at radius 2 is 0.956 bits per heavy atom. The van der Waals surface area contributed by atoms with Crippen molar-refractivity contribution in [3.05, 3.63) is 158 Å². The molecule has 6 aliphatic rings. The van der Waals surface area contributed by atoms with Crippen LogP contribution in [0.2, 0.25) is 10.0 Å². The van der Waals surface area contributed by atoms with Crippen molar-refractivity contribution in [3.63, 3.8) is 0 Å². The number of hydrogen-bond donors (Lipinski definition) is 6. The van der Waals surface area contributed by atoms with Gasteiger partial charge in [-0.25, -0.2) is 14.0 Å². The predicted octanol–water partition coefficient (Wildman–Crippen LogP) is 12.1. The second-order valence-electron chi connectivity index (χ2n) is 30.5. The van der Waals surface area contributed by atoms with Gasteiger partial charge in [-0.2, -0.15) is 56.9 Å². The standard InChI is InChI=1S/C28H29F3N6O2.C27H26ClF3N6O2.C25H26ClN7O2/c1-3-4-22(38)17-7-8-27(10-17)11-21(12-27)37-25(32)23(26(33)39)24(35-37)19-13-34-36(15-19)14-18-9-20(28(29,30)31)6-5-16(18)2;1-2-4-20(38)15-7-8-26(9-15)10-18(11-26)37-24(32)21(25(33)39)23(35-37)17-12-34-36(14-17)13-16-5-3-6-19(22(16)28)27(29,30)31;1-2-4-20(34)31-8-7-25(15-31)10-19(11-25)33-23(27)21(24(28)35)22(30-33)17-12-29-32(14-17)13-16-5-3-6-18(26)9-16/h5-6,9,13,15,17,21H,7-8,10-12,14,32H2,1-2H3,(H2,33,39);3,5-6,12,14-15,18H,7-11,13,32H2,1H3,(H2,33,39);3,5-6,9,12,14,19H,7-8,10-11,13,15,27H2,1H3,(H2,28,35). The lowest BCUT2D eigenvalue weighted by atomic mass is 9.64. The number of anilines is 3. The van der Waals surface area contributed by atoms with E-state index in [1.54, 1.807) is 65.0 Å². The highest BCUT2D eigenvalue weighted by atomic mass is 35.5. The zero-order valence-electron chi connectivity index (χ0n) is 62.1. The molecule has 6 fully saturated rings. The first-order chi connectivity index (χ1) is 53.6. The Morgan fingerprint density at radius 3 is 1.38 bits per heavy atom. The first-order valence-corrected chi connectivity index (χ1v) is 37.4. The van der Waals surface area contributed by atoms with E-state index in [1.807, 2.05) is 35.4 Å². The summed E-state index contributed by atoms with van der Waals surface area (Å²) < 4.78 is 88.9. The minimum atomic E-state index is -4.58. The van der Waals surface area contributed by atoms with Crippen molar-refractivity contribution in [3.8, 4) is 69.3 Å². The number of nitrogens with zero attached hydrogens (tertiary/aromatic N) is 13. The van der Waals surface area contributed by atoms with Gasteiger partial charge in [-0.1, -0.05) is 71.3 Å². The molecule has 2 unspecified atom stereocenters. The van der Waals surface area contributed by atoms with Gasteiger partial charge in [-0.15, -0.1) is 0 Å². The van der Waals surface area contributed by atoms with Crippen LogP contribution in [-0.2, 0) is 46.4 Å². The minimum Gasteiger partial charge on any atom is -0.383 e. The van der Waals surface area contributed by atoms with Crippen LogP contribution in [0.4, 0.5) is 43.8 Å². The van der Waals surface area contributed by atoms with Crippen molar-refractivity contribution in [2.45, 2.75) is 161 Å². The molecule has 3 aromatic carbocycles. The minimum absolute atomic E-state index is 0.00734. The van der Waals surface area contributed by atoms with Crippen molar-refractivity contribution < 1.29 is 55.1 Å². The van der Waals surface area contributed by atoms with Gasteiger partial charge < -0.3 is 39.3 Å². The SMILES string of the molecule is CC#CC(=O)C1CCC2(C1)CC(n1nc(-c3cnn(Cc4cc(C(F)(F)F)ccc4C)c3)c(C(N)=O)c1N)C2.CC#CC(=O)C1CCC2(C1)CC(n1nc(-c3cnn(Cc4cccc(C(F)(F)F)c4Cl)c3)c(C(N)=O)c1N)C2.CC#CC(=O)N1CCC2(CC(n3nc(-c4cnn(Cc5cccc(Cl)c5)c4)c(C(N)=O)c3N)C2)C1. The number of nitrogens with two attached hydrogens (primary N) is 6. The lowest BCUT2D eigenvalue weighted by Crippen LogP contribution is -2.42. The number of carbonyl (C=O) groups is 6. The van der Waals surface area contributed by atoms with Gasteiger partial charge in [0.05, 0.1) is 72.5 Å². The van der Waals surface area contributed by atoms with E-state index in [0.29, 0.717) is 58.2 Å². The first kappa shape index (κ1) is 79.5. The summed E-state index contributed by atoms with van der Waals surface area (Å²) in [6.07, 6.45) is 11.3. The van der Waals surface area contributed by atoms with Gasteiger partial charge in [0.1, 0.15) is 51.2 Å². The molecule has 0 bridgehead atoms. The van der Waals surface area contributed by atoms with E-state index in [2.05, 4.69) is 61.0 Å². The molecule has 4 amide bonds. The molecule has 0 radical (unpaired) electrons. The van der Waals surface area contributed by atoms with E-state index in [-0.39, 0.29) is 128 Å². The number of alkyl halides is 6. The van der Waals surface area contributed by atoms with Gasteiger partial charge in [-0.3, -0.25) is 42.8 Å². The summed E-state index contributed by atoms with van der Waals surface area (Å²) in [6.45, 7) is 8.70. The Bertz CT molecular complexity index is 5310. The van der Waals surface area contributed by atoms with Gasteiger partial charge in [0, 0.05) is 65.2 Å². The second kappa shape index (κ2) is 31.2. The molecule has 588 valence electrons. The molecule has 33 heteroatoms. The van der Waals surface area contributed by atoms with Crippen LogP contribution in [0.1, 0.15) is 187 Å². The van der Waals surface area contributed by atoms with Gasteiger partial charge in [0.25, 0.3) is 23.6 Å². The monoisotopic (exact) mass is 1590 g/mol. The van der Waals surface area contributed by atoms with E-state index < -0.39 is 46.2 Å². The smallest absolute Gasteiger partial charge is 0.383 e. The molecular formula is C80H81Cl2F6N19O6. The number of ketones is 2. The van der Waals surface area contributed by atoms with E-state index in [4.69, 9.17) is 62.7 Å². The third-order valence-corrected chi connectivity index (χ3v) is 23.6. The third-order valence-electron chi connectivity index (χ3n) is 22.9. The number of primary amides is 3. The summed E-state index contributed by atoms with van der Waals surface area (Å²) in [4.78, 5) is 75.4. The van der Waals surface area contributed by atoms with E-state index in [1.165, 1.54) is 40.0 Å². The zero-order chi connectivity index (χ0) is 81.0. The number of hydrogen-bond acceptors (Lipinski definition) is 15. The largest absolute Gasteiger partial charge is 0.417 e. The summed E-state index contributed by atoms with van der Waals surface area (Å²) in [5.41, 5.74) is 39.9. The van der Waals surface area contributed by atoms with Crippen molar-refractivity contribution in [1.29, 1.82) is 0 Å². The maximum absolute atomic E-state index is 13.2. The third kappa shape index (κ3) is 16.3. The Balaban J connectivity index is 0.000000148. The number of likely N-dealkylation sites (tertiary alicyclic amines) is 1. The molecule has 1 saturated heterocycles. The van der Waals surface area contributed by atoms with Crippen LogP contribution >= 0.6 is 23.2 Å². The molecule has 2 atom stereocenters. The average molecular weight is 1590 g/mol. The van der Waals surface area contributed by atoms with Gasteiger partial charge in [-0.05, 0) is 198 Å². The van der Waals surface area contributed by atoms with Crippen LogP contribution in [0.5, 0.6) is 0 Å². The lowest BCUT2D eigenvalue weighted by Gasteiger charge is -2.45. The molecule has 12 N–H and O–H groups in total. The molecule has 113 heavy (non-hydrogen) atoms. The summed E-state index contributed by atoms with van der Waals surface area (Å²) in [7, 11) is 0. The van der Waals surface area contributed by atoms with Crippen LogP contribution in [0.15, 0.2) is 97.8 Å². The second-order valence-corrected chi connectivity index (χ2v) is 31.3. The highest BCUT2D eigenvalue weighted by Gasteiger charge is 2.54. The Hall–Kier alpha value is -11.6. The molecule has 25 nitrogen and oxygen atoms in total. The fraction of sp³-hybridized carbons (Fsp3) is 0.400. The van der Waals surface area contributed by atoms with Crippen molar-refractivity contribution in [2.75, 3.05) is 30.3 Å². The molecule has 7 heterocycles. The summed E-state index contributed by atoms with van der Waals surface area (Å²) in [5.74, 6) is 14.2.